The highest BCUT2D eigenvalue weighted by Gasteiger charge is 2.24. The molecule has 0 aliphatic carbocycles. The van der Waals surface area contributed by atoms with Crippen LogP contribution < -0.4 is 10.1 Å². The zero-order valence-electron chi connectivity index (χ0n) is 18.6. The fourth-order valence-corrected chi connectivity index (χ4v) is 3.47. The lowest BCUT2D eigenvalue weighted by atomic mass is 9.98. The summed E-state index contributed by atoms with van der Waals surface area (Å²) in [4.78, 5) is 30.1. The second-order valence-electron chi connectivity index (χ2n) is 8.11. The Balaban J connectivity index is 1.46. The number of pyridine rings is 1. The molecule has 0 bridgehead atoms. The lowest BCUT2D eigenvalue weighted by Crippen LogP contribution is -2.40. The summed E-state index contributed by atoms with van der Waals surface area (Å²) >= 11 is 0. The molecule has 2 amide bonds. The lowest BCUT2D eigenvalue weighted by Gasteiger charge is -2.31. The van der Waals surface area contributed by atoms with Crippen molar-refractivity contribution < 1.29 is 24.2 Å². The van der Waals surface area contributed by atoms with Crippen molar-refractivity contribution in [1.29, 1.82) is 0 Å². The van der Waals surface area contributed by atoms with E-state index >= 15 is 0 Å². The predicted octanol–water partition coefficient (Wildman–Crippen LogP) is 3.11. The summed E-state index contributed by atoms with van der Waals surface area (Å²) < 4.78 is 11.2. The molecule has 0 saturated carbocycles. The van der Waals surface area contributed by atoms with E-state index in [0.29, 0.717) is 36.9 Å². The van der Waals surface area contributed by atoms with E-state index in [0.717, 1.165) is 24.1 Å². The van der Waals surface area contributed by atoms with Gasteiger partial charge >= 0.3 is 6.09 Å². The maximum atomic E-state index is 12.0. The molecule has 3 rings (SSSR count). The summed E-state index contributed by atoms with van der Waals surface area (Å²) in [6.45, 7) is 5.81. The summed E-state index contributed by atoms with van der Waals surface area (Å²) in [5.41, 5.74) is 2.22. The standard InChI is InChI=1S/C24H31N3O5/c1-17(2)32-24(30)27-12-9-18(10-13-27)16-31-21-7-8-22(26-15-21)19-3-5-20(6-4-19)23(29)25-11-14-28/h3-8,15,17-18,28H,9-14,16H2,1-2H3,(H,25,29). The normalized spacial score (nSPS) is 14.3. The molecule has 0 atom stereocenters. The Kier molecular flexibility index (Phi) is 8.44. The molecular weight excluding hydrogens is 410 g/mol. The number of likely N-dealkylation sites (tertiary alicyclic amines) is 1. The van der Waals surface area contributed by atoms with Gasteiger partial charge in [0.2, 0.25) is 0 Å². The molecule has 8 heteroatoms. The number of hydrogen-bond donors (Lipinski definition) is 2. The average Bonchev–Trinajstić information content (AvgIpc) is 2.81. The summed E-state index contributed by atoms with van der Waals surface area (Å²) in [6, 6.07) is 10.9. The van der Waals surface area contributed by atoms with Gasteiger partial charge in [0.05, 0.1) is 31.2 Å². The fraction of sp³-hybridized carbons (Fsp3) is 0.458. The van der Waals surface area contributed by atoms with Crippen LogP contribution in [0.5, 0.6) is 5.75 Å². The van der Waals surface area contributed by atoms with Crippen LogP contribution in [0.4, 0.5) is 4.79 Å². The molecular formula is C24H31N3O5. The van der Waals surface area contributed by atoms with Crippen molar-refractivity contribution in [3.63, 3.8) is 0 Å². The van der Waals surface area contributed by atoms with Crippen LogP contribution in [-0.4, -0.2) is 65.9 Å². The summed E-state index contributed by atoms with van der Waals surface area (Å²) in [6.07, 6.45) is 3.13. The van der Waals surface area contributed by atoms with Crippen molar-refractivity contribution in [1.82, 2.24) is 15.2 Å². The third-order valence-electron chi connectivity index (χ3n) is 5.27. The molecule has 0 radical (unpaired) electrons. The van der Waals surface area contributed by atoms with E-state index < -0.39 is 0 Å². The van der Waals surface area contributed by atoms with E-state index in [-0.39, 0.29) is 31.3 Å². The van der Waals surface area contributed by atoms with Gasteiger partial charge in [0, 0.05) is 30.8 Å². The van der Waals surface area contributed by atoms with Gasteiger partial charge in [-0.3, -0.25) is 9.78 Å². The zero-order valence-corrected chi connectivity index (χ0v) is 18.6. The Hall–Kier alpha value is -3.13. The number of benzene rings is 1. The van der Waals surface area contributed by atoms with E-state index in [4.69, 9.17) is 14.6 Å². The number of ether oxygens (including phenoxy) is 2. The predicted molar refractivity (Wildman–Crippen MR) is 121 cm³/mol. The first-order valence-corrected chi connectivity index (χ1v) is 11.0. The minimum absolute atomic E-state index is 0.0890. The number of carbonyl (C=O) groups excluding carboxylic acids is 2. The van der Waals surface area contributed by atoms with Gasteiger partial charge < -0.3 is 24.8 Å². The summed E-state index contributed by atoms with van der Waals surface area (Å²) in [5, 5.41) is 11.4. The number of nitrogens with zero attached hydrogens (tertiary/aromatic N) is 2. The van der Waals surface area contributed by atoms with Gasteiger partial charge in [0.25, 0.3) is 5.91 Å². The number of rotatable bonds is 8. The Labute approximate surface area is 188 Å². The minimum atomic E-state index is -0.238. The molecule has 8 nitrogen and oxygen atoms in total. The van der Waals surface area contributed by atoms with Crippen molar-refractivity contribution in [2.45, 2.75) is 32.8 Å². The highest BCUT2D eigenvalue weighted by Crippen LogP contribution is 2.23. The topological polar surface area (TPSA) is 101 Å². The SMILES string of the molecule is CC(C)OC(=O)N1CCC(COc2ccc(-c3ccc(C(=O)NCCO)cc3)nc2)CC1. The first-order chi connectivity index (χ1) is 15.5. The first kappa shape index (κ1) is 23.5. The van der Waals surface area contributed by atoms with E-state index in [1.165, 1.54) is 0 Å². The van der Waals surface area contributed by atoms with Crippen molar-refractivity contribution in [3.05, 3.63) is 48.2 Å². The Morgan fingerprint density at radius 2 is 1.88 bits per heavy atom. The molecule has 1 fully saturated rings. The highest BCUT2D eigenvalue weighted by atomic mass is 16.6. The third kappa shape index (κ3) is 6.68. The molecule has 0 unspecified atom stereocenters. The minimum Gasteiger partial charge on any atom is -0.492 e. The number of carbonyl (C=O) groups is 2. The van der Waals surface area contributed by atoms with Crippen LogP contribution in [0.25, 0.3) is 11.3 Å². The largest absolute Gasteiger partial charge is 0.492 e. The number of piperidine rings is 1. The van der Waals surface area contributed by atoms with Crippen LogP contribution in [0.15, 0.2) is 42.6 Å². The highest BCUT2D eigenvalue weighted by molar-refractivity contribution is 5.94. The maximum Gasteiger partial charge on any atom is 0.410 e. The molecule has 1 saturated heterocycles. The summed E-state index contributed by atoms with van der Waals surface area (Å²) in [5.74, 6) is 0.877. The van der Waals surface area contributed by atoms with E-state index in [2.05, 4.69) is 10.3 Å². The molecule has 1 aromatic carbocycles. The molecule has 1 aromatic heterocycles. The van der Waals surface area contributed by atoms with Crippen LogP contribution in [0.3, 0.4) is 0 Å². The van der Waals surface area contributed by atoms with Gasteiger partial charge in [-0.2, -0.15) is 0 Å². The number of nitrogens with one attached hydrogen (secondary N) is 1. The first-order valence-electron chi connectivity index (χ1n) is 11.0. The molecule has 2 heterocycles. The molecule has 172 valence electrons. The van der Waals surface area contributed by atoms with Crippen LogP contribution in [-0.2, 0) is 4.74 Å². The quantitative estimate of drug-likeness (QED) is 0.653. The molecule has 1 aliphatic rings. The monoisotopic (exact) mass is 441 g/mol. The molecule has 0 spiro atoms. The van der Waals surface area contributed by atoms with E-state index in [1.54, 1.807) is 23.2 Å². The average molecular weight is 442 g/mol. The number of aliphatic hydroxyl groups excluding tert-OH is 1. The molecule has 1 aliphatic heterocycles. The maximum absolute atomic E-state index is 12.0. The van der Waals surface area contributed by atoms with Crippen LogP contribution in [0, 0.1) is 5.92 Å². The van der Waals surface area contributed by atoms with E-state index in [1.807, 2.05) is 38.1 Å². The van der Waals surface area contributed by atoms with Gasteiger partial charge in [0.1, 0.15) is 5.75 Å². The van der Waals surface area contributed by atoms with Gasteiger partial charge in [-0.15, -0.1) is 0 Å². The Bertz CT molecular complexity index is 876. The second-order valence-corrected chi connectivity index (χ2v) is 8.11. The molecule has 2 N–H and O–H groups in total. The number of aliphatic hydroxyl groups is 1. The molecule has 2 aromatic rings. The number of aromatic nitrogens is 1. The fourth-order valence-electron chi connectivity index (χ4n) is 3.47. The Morgan fingerprint density at radius 1 is 1.16 bits per heavy atom. The van der Waals surface area contributed by atoms with Gasteiger partial charge in [-0.05, 0) is 56.9 Å². The van der Waals surface area contributed by atoms with Crippen molar-refractivity contribution >= 4 is 12.0 Å². The third-order valence-corrected chi connectivity index (χ3v) is 5.27. The van der Waals surface area contributed by atoms with E-state index in [9.17, 15) is 9.59 Å². The number of amides is 2. The molecule has 32 heavy (non-hydrogen) atoms. The van der Waals surface area contributed by atoms with Crippen LogP contribution in [0.1, 0.15) is 37.0 Å². The van der Waals surface area contributed by atoms with Crippen molar-refractivity contribution in [3.8, 4) is 17.0 Å². The Morgan fingerprint density at radius 3 is 2.47 bits per heavy atom. The van der Waals surface area contributed by atoms with Gasteiger partial charge in [-0.1, -0.05) is 12.1 Å². The van der Waals surface area contributed by atoms with Gasteiger partial charge in [0.15, 0.2) is 0 Å². The summed E-state index contributed by atoms with van der Waals surface area (Å²) in [7, 11) is 0. The zero-order chi connectivity index (χ0) is 22.9. The van der Waals surface area contributed by atoms with Crippen molar-refractivity contribution in [2.75, 3.05) is 32.8 Å². The second kappa shape index (κ2) is 11.5. The van der Waals surface area contributed by atoms with Gasteiger partial charge in [-0.25, -0.2) is 4.79 Å². The lowest BCUT2D eigenvalue weighted by molar-refractivity contribution is 0.0608. The van der Waals surface area contributed by atoms with Crippen LogP contribution in [0.2, 0.25) is 0 Å². The number of hydrogen-bond acceptors (Lipinski definition) is 6. The van der Waals surface area contributed by atoms with Crippen LogP contribution >= 0.6 is 0 Å². The smallest absolute Gasteiger partial charge is 0.410 e. The van der Waals surface area contributed by atoms with Crippen molar-refractivity contribution in [2.24, 2.45) is 5.92 Å².